The summed E-state index contributed by atoms with van der Waals surface area (Å²) < 4.78 is 7.26. The first-order valence-corrected chi connectivity index (χ1v) is 10.4. The molecule has 0 bridgehead atoms. The molecule has 0 spiro atoms. The van der Waals surface area contributed by atoms with Gasteiger partial charge in [0.2, 0.25) is 0 Å². The lowest BCUT2D eigenvalue weighted by molar-refractivity contribution is 0.0346. The Labute approximate surface area is 176 Å². The summed E-state index contributed by atoms with van der Waals surface area (Å²) in [5, 5.41) is 5.78. The number of ketones is 1. The molecule has 1 aliphatic heterocycles. The first kappa shape index (κ1) is 21.9. The van der Waals surface area contributed by atoms with Gasteiger partial charge >= 0.3 is 0 Å². The van der Waals surface area contributed by atoms with Crippen LogP contribution in [0.2, 0.25) is 0 Å². The third-order valence-electron chi connectivity index (χ3n) is 5.23. The number of pyridine rings is 1. The van der Waals surface area contributed by atoms with Crippen molar-refractivity contribution < 1.29 is 14.3 Å². The van der Waals surface area contributed by atoms with Crippen LogP contribution in [0.3, 0.4) is 0 Å². The van der Waals surface area contributed by atoms with Gasteiger partial charge in [0, 0.05) is 38.4 Å². The number of rotatable bonds is 9. The average Bonchev–Trinajstić information content (AvgIpc) is 2.78. The SMILES string of the molecule is CNC(=O)c1cc(C(=O)CCCOC2CCCNC2)cn(Cc2ccccc2)c1=O. The highest BCUT2D eigenvalue weighted by molar-refractivity contribution is 6.00. The van der Waals surface area contributed by atoms with Gasteiger partial charge in [0.25, 0.3) is 11.5 Å². The summed E-state index contributed by atoms with van der Waals surface area (Å²) in [4.78, 5) is 37.7. The van der Waals surface area contributed by atoms with Crippen LogP contribution in [0.1, 0.15) is 52.0 Å². The topological polar surface area (TPSA) is 89.4 Å². The maximum Gasteiger partial charge on any atom is 0.263 e. The van der Waals surface area contributed by atoms with Gasteiger partial charge in [-0.1, -0.05) is 30.3 Å². The van der Waals surface area contributed by atoms with Gasteiger partial charge in [-0.3, -0.25) is 14.4 Å². The zero-order valence-electron chi connectivity index (χ0n) is 17.4. The standard InChI is InChI=1S/C23H29N3O4/c1-24-22(28)20-13-18(16-26(23(20)29)15-17-7-3-2-4-8-17)21(27)10-6-12-30-19-9-5-11-25-14-19/h2-4,7-8,13,16,19,25H,5-6,9-12,14-15H2,1H3,(H,24,28). The van der Waals surface area contributed by atoms with Crippen LogP contribution in [0.25, 0.3) is 0 Å². The van der Waals surface area contributed by atoms with Gasteiger partial charge in [-0.15, -0.1) is 0 Å². The number of carbonyl (C=O) groups excluding carboxylic acids is 2. The Balaban J connectivity index is 1.70. The Morgan fingerprint density at radius 2 is 2.07 bits per heavy atom. The number of piperidine rings is 1. The Hall–Kier alpha value is -2.77. The number of benzene rings is 1. The first-order chi connectivity index (χ1) is 14.6. The van der Waals surface area contributed by atoms with Crippen molar-refractivity contribution in [1.29, 1.82) is 0 Å². The van der Waals surface area contributed by atoms with E-state index in [1.165, 1.54) is 17.7 Å². The predicted octanol–water partition coefficient (Wildman–Crippen LogP) is 1.99. The first-order valence-electron chi connectivity index (χ1n) is 10.4. The van der Waals surface area contributed by atoms with Gasteiger partial charge in [0.1, 0.15) is 5.56 Å². The summed E-state index contributed by atoms with van der Waals surface area (Å²) in [5.41, 5.74) is 0.844. The number of Topliss-reactive ketones (excluding diaryl/α,β-unsaturated/α-hetero) is 1. The summed E-state index contributed by atoms with van der Waals surface area (Å²) >= 11 is 0. The molecule has 1 amide bonds. The number of hydrogen-bond acceptors (Lipinski definition) is 5. The van der Waals surface area contributed by atoms with Gasteiger partial charge in [0.05, 0.1) is 12.6 Å². The van der Waals surface area contributed by atoms with E-state index in [0.29, 0.717) is 31.6 Å². The molecule has 1 aliphatic rings. The second-order valence-electron chi connectivity index (χ2n) is 7.51. The molecule has 1 aromatic heterocycles. The summed E-state index contributed by atoms with van der Waals surface area (Å²) in [6, 6.07) is 10.9. The zero-order valence-corrected chi connectivity index (χ0v) is 17.4. The third-order valence-corrected chi connectivity index (χ3v) is 5.23. The molecule has 1 fully saturated rings. The van der Waals surface area contributed by atoms with E-state index in [0.717, 1.165) is 31.5 Å². The number of carbonyl (C=O) groups is 2. The fourth-order valence-electron chi connectivity index (χ4n) is 3.57. The summed E-state index contributed by atoms with van der Waals surface area (Å²) in [5.74, 6) is -0.600. The van der Waals surface area contributed by atoms with Crippen molar-refractivity contribution in [2.45, 2.75) is 38.3 Å². The van der Waals surface area contributed by atoms with Gasteiger partial charge in [0.15, 0.2) is 5.78 Å². The number of nitrogens with zero attached hydrogens (tertiary/aromatic N) is 1. The van der Waals surface area contributed by atoms with E-state index in [2.05, 4.69) is 10.6 Å². The molecule has 1 unspecified atom stereocenters. The van der Waals surface area contributed by atoms with Crippen LogP contribution in [0.5, 0.6) is 0 Å². The maximum atomic E-state index is 12.8. The largest absolute Gasteiger partial charge is 0.377 e. The molecule has 2 aromatic rings. The highest BCUT2D eigenvalue weighted by Crippen LogP contribution is 2.11. The second-order valence-corrected chi connectivity index (χ2v) is 7.51. The van der Waals surface area contributed by atoms with Crippen LogP contribution >= 0.6 is 0 Å². The van der Waals surface area contributed by atoms with Crippen molar-refractivity contribution >= 4 is 11.7 Å². The molecule has 7 nitrogen and oxygen atoms in total. The number of hydrogen-bond donors (Lipinski definition) is 2. The zero-order chi connectivity index (χ0) is 21.3. The Morgan fingerprint density at radius 1 is 1.27 bits per heavy atom. The molecule has 30 heavy (non-hydrogen) atoms. The third kappa shape index (κ3) is 5.87. The van der Waals surface area contributed by atoms with E-state index < -0.39 is 11.5 Å². The van der Waals surface area contributed by atoms with Crippen LogP contribution in [0.15, 0.2) is 47.4 Å². The van der Waals surface area contributed by atoms with Gasteiger partial charge in [-0.25, -0.2) is 0 Å². The van der Waals surface area contributed by atoms with E-state index in [1.54, 1.807) is 6.20 Å². The quantitative estimate of drug-likeness (QED) is 0.487. The lowest BCUT2D eigenvalue weighted by atomic mass is 10.1. The molecule has 2 N–H and O–H groups in total. The Bertz CT molecular complexity index is 918. The Kier molecular flexibility index (Phi) is 7.93. The minimum absolute atomic E-state index is 0.0242. The van der Waals surface area contributed by atoms with Gasteiger partial charge in [-0.05, 0) is 37.4 Å². The molecule has 7 heteroatoms. The van der Waals surface area contributed by atoms with E-state index >= 15 is 0 Å². The van der Waals surface area contributed by atoms with E-state index in [4.69, 9.17) is 4.74 Å². The van der Waals surface area contributed by atoms with Gasteiger partial charge in [-0.2, -0.15) is 0 Å². The van der Waals surface area contributed by atoms with Crippen molar-refractivity contribution in [1.82, 2.24) is 15.2 Å². The maximum absolute atomic E-state index is 12.8. The monoisotopic (exact) mass is 411 g/mol. The van der Waals surface area contributed by atoms with Crippen LogP contribution < -0.4 is 16.2 Å². The fourth-order valence-corrected chi connectivity index (χ4v) is 3.57. The smallest absolute Gasteiger partial charge is 0.263 e. The molecule has 1 saturated heterocycles. The van der Waals surface area contributed by atoms with Crippen LogP contribution in [-0.2, 0) is 11.3 Å². The molecular weight excluding hydrogens is 382 g/mol. The minimum Gasteiger partial charge on any atom is -0.377 e. The van der Waals surface area contributed by atoms with Crippen molar-refractivity contribution in [2.24, 2.45) is 0 Å². The second kappa shape index (κ2) is 10.8. The average molecular weight is 412 g/mol. The molecule has 0 aliphatic carbocycles. The molecule has 3 rings (SSSR count). The number of nitrogens with one attached hydrogen (secondary N) is 2. The van der Waals surface area contributed by atoms with Crippen LogP contribution in [-0.4, -0.2) is 49.1 Å². The number of amides is 1. The van der Waals surface area contributed by atoms with E-state index in [1.807, 2.05) is 30.3 Å². The predicted molar refractivity (Wildman–Crippen MR) is 115 cm³/mol. The van der Waals surface area contributed by atoms with Crippen molar-refractivity contribution in [3.8, 4) is 0 Å². The van der Waals surface area contributed by atoms with Crippen molar-refractivity contribution in [3.05, 3.63) is 69.6 Å². The van der Waals surface area contributed by atoms with Crippen LogP contribution in [0.4, 0.5) is 0 Å². The molecule has 1 aromatic carbocycles. The highest BCUT2D eigenvalue weighted by Gasteiger charge is 2.17. The van der Waals surface area contributed by atoms with Gasteiger partial charge < -0.3 is 19.9 Å². The Morgan fingerprint density at radius 3 is 2.77 bits per heavy atom. The van der Waals surface area contributed by atoms with E-state index in [9.17, 15) is 14.4 Å². The molecular formula is C23H29N3O4. The molecule has 2 heterocycles. The lowest BCUT2D eigenvalue weighted by Gasteiger charge is -2.22. The van der Waals surface area contributed by atoms with Crippen LogP contribution in [0, 0.1) is 0 Å². The van der Waals surface area contributed by atoms with Crippen molar-refractivity contribution in [3.63, 3.8) is 0 Å². The summed E-state index contributed by atoms with van der Waals surface area (Å²) in [6.45, 7) is 2.70. The van der Waals surface area contributed by atoms with Crippen molar-refractivity contribution in [2.75, 3.05) is 26.7 Å². The van der Waals surface area contributed by atoms with E-state index in [-0.39, 0.29) is 17.5 Å². The highest BCUT2D eigenvalue weighted by atomic mass is 16.5. The molecule has 1 atom stereocenters. The lowest BCUT2D eigenvalue weighted by Crippen LogP contribution is -2.35. The minimum atomic E-state index is -0.496. The number of ether oxygens (including phenoxy) is 1. The summed E-state index contributed by atoms with van der Waals surface area (Å²) in [6.07, 6.45) is 4.81. The molecule has 0 saturated carbocycles. The fraction of sp³-hybridized carbons (Fsp3) is 0.435. The number of aromatic nitrogens is 1. The molecule has 0 radical (unpaired) electrons. The summed E-state index contributed by atoms with van der Waals surface area (Å²) in [7, 11) is 1.47. The normalized spacial score (nSPS) is 16.2. The molecule has 160 valence electrons.